The largest absolute Gasteiger partial charge is 0.370 e. The van der Waals surface area contributed by atoms with E-state index in [2.05, 4.69) is 5.10 Å². The molecular weight excluding hydrogens is 241 g/mol. The van der Waals surface area contributed by atoms with Crippen LogP contribution >= 0.6 is 0 Å². The number of nitro groups is 1. The minimum absolute atomic E-state index is 0.0915. The van der Waals surface area contributed by atoms with Crippen molar-refractivity contribution < 1.29 is 14.1 Å². The van der Waals surface area contributed by atoms with E-state index in [1.54, 1.807) is 7.05 Å². The third-order valence-electron chi connectivity index (χ3n) is 3.88. The monoisotopic (exact) mass is 255 g/mol. The molecule has 0 amide bonds. The Bertz CT molecular complexity index is 490. The Morgan fingerprint density at radius 3 is 2.72 bits per heavy atom. The normalized spacial score (nSPS) is 29.4. The summed E-state index contributed by atoms with van der Waals surface area (Å²) >= 11 is 0. The van der Waals surface area contributed by atoms with Crippen molar-refractivity contribution in [2.75, 3.05) is 0 Å². The molecule has 1 aromatic rings. The molecule has 1 aliphatic carbocycles. The first kappa shape index (κ1) is 11.6. The summed E-state index contributed by atoms with van der Waals surface area (Å²) in [5, 5.41) is 14.8. The number of aryl methyl sites for hydroxylation is 1. The molecule has 6 nitrogen and oxygen atoms in total. The highest BCUT2D eigenvalue weighted by molar-refractivity contribution is 5.38. The molecule has 1 aliphatic heterocycles. The lowest BCUT2D eigenvalue weighted by Crippen LogP contribution is -2.24. The van der Waals surface area contributed by atoms with Crippen molar-refractivity contribution in [3.05, 3.63) is 22.0 Å². The average molecular weight is 255 g/mol. The van der Waals surface area contributed by atoms with Crippen LogP contribution in [0.3, 0.4) is 0 Å². The van der Waals surface area contributed by atoms with Crippen LogP contribution in [0.15, 0.2) is 6.20 Å². The molecule has 3 rings (SSSR count). The Balaban J connectivity index is 1.97. The van der Waals surface area contributed by atoms with Crippen LogP contribution in [0.2, 0.25) is 0 Å². The lowest BCUT2D eigenvalue weighted by molar-refractivity contribution is -0.386. The van der Waals surface area contributed by atoms with E-state index in [0.29, 0.717) is 12.8 Å². The molecule has 0 unspecified atom stereocenters. The molecule has 2 aliphatic rings. The lowest BCUT2D eigenvalue weighted by atomic mass is 9.91. The van der Waals surface area contributed by atoms with Gasteiger partial charge in [-0.3, -0.25) is 14.8 Å². The first-order valence-electron chi connectivity index (χ1n) is 6.02. The van der Waals surface area contributed by atoms with Crippen molar-refractivity contribution >= 4 is 5.69 Å². The molecule has 0 radical (unpaired) electrons. The number of epoxide rings is 1. The van der Waals surface area contributed by atoms with E-state index >= 15 is 4.39 Å². The molecule has 1 saturated heterocycles. The van der Waals surface area contributed by atoms with Crippen molar-refractivity contribution in [2.45, 2.75) is 43.6 Å². The maximum Gasteiger partial charge on any atom is 0.313 e. The number of alkyl halides is 1. The molecule has 1 saturated carbocycles. The minimum atomic E-state index is -1.66. The SMILES string of the molecule is Cn1ncc([N+](=O)[O-])c1C1(F)CC[C@@H]2O[C@H]2CC1. The fraction of sp³-hybridized carbons (Fsp3) is 0.727. The number of fused-ring (bicyclic) bond motifs is 1. The van der Waals surface area contributed by atoms with E-state index in [9.17, 15) is 10.1 Å². The molecule has 1 aromatic heterocycles. The number of hydrogen-bond acceptors (Lipinski definition) is 4. The van der Waals surface area contributed by atoms with E-state index in [4.69, 9.17) is 4.74 Å². The van der Waals surface area contributed by atoms with Crippen LogP contribution in [0.25, 0.3) is 0 Å². The number of rotatable bonds is 2. The molecule has 2 heterocycles. The van der Waals surface area contributed by atoms with Gasteiger partial charge in [-0.15, -0.1) is 0 Å². The fourth-order valence-electron chi connectivity index (χ4n) is 2.87. The highest BCUT2D eigenvalue weighted by Gasteiger charge is 2.50. The van der Waals surface area contributed by atoms with Gasteiger partial charge in [0.2, 0.25) is 0 Å². The van der Waals surface area contributed by atoms with Gasteiger partial charge in [-0.1, -0.05) is 0 Å². The number of ether oxygens (including phenoxy) is 1. The highest BCUT2D eigenvalue weighted by Crippen LogP contribution is 2.47. The second-order valence-corrected chi connectivity index (χ2v) is 5.01. The standard InChI is InChI=1S/C11H14FN3O3/c1-14-10(7(6-13-14)15(16)17)11(12)4-2-8-9(18-8)3-5-11/h6,8-9H,2-5H2,1H3/t8-,9-/m0/s1. The summed E-state index contributed by atoms with van der Waals surface area (Å²) in [5.74, 6) is 0. The zero-order chi connectivity index (χ0) is 12.9. The molecule has 0 N–H and O–H groups in total. The lowest BCUT2D eigenvalue weighted by Gasteiger charge is -2.23. The van der Waals surface area contributed by atoms with Crippen molar-refractivity contribution in [1.82, 2.24) is 9.78 Å². The molecule has 0 bridgehead atoms. The quantitative estimate of drug-likeness (QED) is 0.459. The van der Waals surface area contributed by atoms with Gasteiger partial charge in [0, 0.05) is 7.05 Å². The molecule has 0 aromatic carbocycles. The second kappa shape index (κ2) is 3.74. The first-order valence-corrected chi connectivity index (χ1v) is 6.02. The Kier molecular flexibility index (Phi) is 2.41. The van der Waals surface area contributed by atoms with Gasteiger partial charge in [-0.25, -0.2) is 4.39 Å². The van der Waals surface area contributed by atoms with Gasteiger partial charge in [0.1, 0.15) is 6.20 Å². The van der Waals surface area contributed by atoms with E-state index < -0.39 is 10.6 Å². The van der Waals surface area contributed by atoms with E-state index in [0.717, 1.165) is 6.20 Å². The Labute approximate surface area is 103 Å². The average Bonchev–Trinajstić information content (AvgIpc) is 2.98. The van der Waals surface area contributed by atoms with Gasteiger partial charge >= 0.3 is 5.69 Å². The molecule has 0 spiro atoms. The molecule has 98 valence electrons. The van der Waals surface area contributed by atoms with Gasteiger partial charge in [0.05, 0.1) is 17.1 Å². The summed E-state index contributed by atoms with van der Waals surface area (Å²) in [6.07, 6.45) is 3.17. The van der Waals surface area contributed by atoms with Gasteiger partial charge in [0.25, 0.3) is 0 Å². The summed E-state index contributed by atoms with van der Waals surface area (Å²) in [7, 11) is 1.55. The molecule has 18 heavy (non-hydrogen) atoms. The summed E-state index contributed by atoms with van der Waals surface area (Å²) in [6.45, 7) is 0. The molecular formula is C11H14FN3O3. The summed E-state index contributed by atoms with van der Waals surface area (Å²) < 4.78 is 21.7. The van der Waals surface area contributed by atoms with Gasteiger partial charge < -0.3 is 4.74 Å². The van der Waals surface area contributed by atoms with E-state index in [1.807, 2.05) is 0 Å². The van der Waals surface area contributed by atoms with Crippen molar-refractivity contribution in [3.8, 4) is 0 Å². The highest BCUT2D eigenvalue weighted by atomic mass is 19.1. The fourth-order valence-corrected chi connectivity index (χ4v) is 2.87. The number of halogens is 1. The minimum Gasteiger partial charge on any atom is -0.370 e. The molecule has 2 atom stereocenters. The van der Waals surface area contributed by atoms with Crippen LogP contribution in [0.4, 0.5) is 10.1 Å². The van der Waals surface area contributed by atoms with Crippen molar-refractivity contribution in [1.29, 1.82) is 0 Å². The van der Waals surface area contributed by atoms with Crippen molar-refractivity contribution in [3.63, 3.8) is 0 Å². The number of nitrogens with zero attached hydrogens (tertiary/aromatic N) is 3. The molecule has 2 fully saturated rings. The third kappa shape index (κ3) is 1.69. The maximum atomic E-state index is 15.1. The zero-order valence-corrected chi connectivity index (χ0v) is 10.0. The van der Waals surface area contributed by atoms with Crippen LogP contribution in [-0.2, 0) is 17.5 Å². The zero-order valence-electron chi connectivity index (χ0n) is 10.0. The van der Waals surface area contributed by atoms with Crippen LogP contribution in [0.1, 0.15) is 31.4 Å². The summed E-state index contributed by atoms with van der Waals surface area (Å²) in [4.78, 5) is 10.4. The Morgan fingerprint density at radius 2 is 2.17 bits per heavy atom. The van der Waals surface area contributed by atoms with Gasteiger partial charge in [-0.05, 0) is 25.7 Å². The predicted octanol–water partition coefficient (Wildman–Crippen LogP) is 1.83. The summed E-state index contributed by atoms with van der Waals surface area (Å²) in [6, 6.07) is 0. The number of hydrogen-bond donors (Lipinski definition) is 0. The second-order valence-electron chi connectivity index (χ2n) is 5.01. The molecule has 7 heteroatoms. The van der Waals surface area contributed by atoms with E-state index in [-0.39, 0.29) is 36.4 Å². The van der Waals surface area contributed by atoms with Crippen LogP contribution in [0, 0.1) is 10.1 Å². The summed E-state index contributed by atoms with van der Waals surface area (Å²) in [5.41, 5.74) is -1.80. The Hall–Kier alpha value is -1.50. The van der Waals surface area contributed by atoms with Crippen LogP contribution < -0.4 is 0 Å². The maximum absolute atomic E-state index is 15.1. The van der Waals surface area contributed by atoms with Crippen LogP contribution in [0.5, 0.6) is 0 Å². The first-order chi connectivity index (χ1) is 8.51. The van der Waals surface area contributed by atoms with Gasteiger partial charge in [0.15, 0.2) is 11.4 Å². The van der Waals surface area contributed by atoms with Crippen LogP contribution in [-0.4, -0.2) is 26.9 Å². The topological polar surface area (TPSA) is 73.5 Å². The van der Waals surface area contributed by atoms with Gasteiger partial charge in [-0.2, -0.15) is 5.10 Å². The predicted molar refractivity (Wildman–Crippen MR) is 59.8 cm³/mol. The smallest absolute Gasteiger partial charge is 0.313 e. The number of aromatic nitrogens is 2. The van der Waals surface area contributed by atoms with Crippen molar-refractivity contribution in [2.24, 2.45) is 7.05 Å². The van der Waals surface area contributed by atoms with E-state index in [1.165, 1.54) is 4.68 Å². The Morgan fingerprint density at radius 1 is 1.56 bits per heavy atom. The third-order valence-corrected chi connectivity index (χ3v) is 3.88.